The Hall–Kier alpha value is -4.06. The van der Waals surface area contributed by atoms with Crippen molar-refractivity contribution in [3.05, 3.63) is 80.0 Å². The quantitative estimate of drug-likeness (QED) is 0.0287. The molecule has 0 saturated heterocycles. The summed E-state index contributed by atoms with van der Waals surface area (Å²) in [5.74, 6) is -3.12. The van der Waals surface area contributed by atoms with Crippen molar-refractivity contribution in [2.45, 2.75) is 337 Å². The molecule has 0 bridgehead atoms. The van der Waals surface area contributed by atoms with Gasteiger partial charge in [0, 0.05) is 70.5 Å². The van der Waals surface area contributed by atoms with Crippen LogP contribution in [0.2, 0.25) is 0 Å². The smallest absolute Gasteiger partial charge is 0.262 e. The van der Waals surface area contributed by atoms with Gasteiger partial charge in [-0.2, -0.15) is 0 Å². The largest absolute Gasteiger partial charge is 0.274 e. The molecule has 0 radical (unpaired) electrons. The molecule has 0 aliphatic carbocycles. The van der Waals surface area contributed by atoms with Crippen molar-refractivity contribution in [2.24, 2.45) is 11.8 Å². The van der Waals surface area contributed by atoms with Crippen LogP contribution in [-0.4, -0.2) is 46.5 Å². The van der Waals surface area contributed by atoms with Gasteiger partial charge in [0.25, 0.3) is 23.6 Å². The lowest BCUT2D eigenvalue weighted by molar-refractivity contribution is 0.0557. The molecule has 2 unspecified atom stereocenters. The Balaban J connectivity index is 1.31. The highest BCUT2D eigenvalue weighted by Gasteiger charge is 2.44. The van der Waals surface area contributed by atoms with E-state index in [4.69, 9.17) is 0 Å². The van der Waals surface area contributed by atoms with E-state index in [1.54, 1.807) is 17.4 Å². The van der Waals surface area contributed by atoms with Crippen molar-refractivity contribution >= 4 is 68.4 Å². The summed E-state index contributed by atoms with van der Waals surface area (Å²) in [4.78, 5) is 70.7. The lowest BCUT2D eigenvalue weighted by atomic mass is 9.80. The Morgan fingerprint density at radius 3 is 0.978 bits per heavy atom. The van der Waals surface area contributed by atoms with E-state index in [1.165, 1.54) is 201 Å². The van der Waals surface area contributed by atoms with Gasteiger partial charge in [0.1, 0.15) is 0 Å². The summed E-state index contributed by atoms with van der Waals surface area (Å²) in [6, 6.07) is 11.6. The second-order valence-electron chi connectivity index (χ2n) is 30.3. The minimum Gasteiger partial charge on any atom is -0.274 e. The number of carbonyl (C=O) groups excluding carboxylic acids is 4. The fourth-order valence-corrected chi connectivity index (χ4v) is 17.9. The van der Waals surface area contributed by atoms with E-state index in [0.29, 0.717) is 58.8 Å². The van der Waals surface area contributed by atoms with Crippen molar-refractivity contribution in [2.75, 3.05) is 13.1 Å². The average molecular weight is 1330 g/mol. The lowest BCUT2D eigenvalue weighted by Crippen LogP contribution is -2.46. The van der Waals surface area contributed by atoms with Crippen molar-refractivity contribution in [3.63, 3.8) is 0 Å². The zero-order valence-corrected chi connectivity index (χ0v) is 62.3. The number of unbranched alkanes of at least 4 members (excludes halogenated alkanes) is 32. The molecule has 4 amide bonds. The number of carbonyl (C=O) groups is 4. The zero-order chi connectivity index (χ0) is 66.9. The molecular formula is C82H122F2N2O4S3. The topological polar surface area (TPSA) is 74.8 Å². The van der Waals surface area contributed by atoms with Crippen LogP contribution in [0.3, 0.4) is 0 Å². The first kappa shape index (κ1) is 76.3. The van der Waals surface area contributed by atoms with Crippen LogP contribution in [0.5, 0.6) is 0 Å². The minimum atomic E-state index is -0.891. The van der Waals surface area contributed by atoms with Crippen LogP contribution >= 0.6 is 34.0 Å². The molecule has 7 rings (SSSR count). The first-order chi connectivity index (χ1) is 44.9. The van der Waals surface area contributed by atoms with Crippen LogP contribution in [0.1, 0.15) is 377 Å². The first-order valence-corrected chi connectivity index (χ1v) is 40.4. The van der Waals surface area contributed by atoms with Gasteiger partial charge in [-0.25, -0.2) is 8.78 Å². The van der Waals surface area contributed by atoms with Gasteiger partial charge < -0.3 is 0 Å². The molecule has 2 atom stereocenters. The molecule has 0 saturated carbocycles. The normalized spacial score (nSPS) is 14.3. The zero-order valence-electron chi connectivity index (χ0n) is 59.8. The van der Waals surface area contributed by atoms with E-state index in [0.717, 1.165) is 98.1 Å². The molecule has 11 heteroatoms. The molecule has 5 heterocycles. The second-order valence-corrected chi connectivity index (χ2v) is 33.5. The van der Waals surface area contributed by atoms with E-state index >= 15 is 28.0 Å². The molecule has 516 valence electrons. The van der Waals surface area contributed by atoms with E-state index < -0.39 is 28.9 Å². The molecule has 6 nitrogen and oxygen atoms in total. The summed E-state index contributed by atoms with van der Waals surface area (Å²) in [6.45, 7) is 21.8. The van der Waals surface area contributed by atoms with E-state index in [2.05, 4.69) is 60.6 Å². The third-order valence-corrected chi connectivity index (χ3v) is 24.6. The van der Waals surface area contributed by atoms with E-state index in [9.17, 15) is 0 Å². The van der Waals surface area contributed by atoms with Crippen LogP contribution in [0.15, 0.2) is 36.4 Å². The highest BCUT2D eigenvalue weighted by atomic mass is 32.1. The van der Waals surface area contributed by atoms with Crippen molar-refractivity contribution in [1.82, 2.24) is 9.80 Å². The summed E-state index contributed by atoms with van der Waals surface area (Å²) in [7, 11) is 0. The van der Waals surface area contributed by atoms with Crippen LogP contribution in [-0.2, 0) is 10.8 Å². The monoisotopic (exact) mass is 1330 g/mol. The van der Waals surface area contributed by atoms with Crippen LogP contribution < -0.4 is 0 Å². The Bertz CT molecular complexity index is 3130. The van der Waals surface area contributed by atoms with Gasteiger partial charge in [-0.05, 0) is 84.7 Å². The van der Waals surface area contributed by atoms with Crippen LogP contribution in [0.25, 0.3) is 41.4 Å². The van der Waals surface area contributed by atoms with Gasteiger partial charge in [0.05, 0.1) is 16.0 Å². The molecule has 2 aromatic carbocycles. The summed E-state index contributed by atoms with van der Waals surface area (Å²) in [6.07, 6.45) is 47.5. The number of rotatable bonds is 47. The number of hydrogen-bond acceptors (Lipinski definition) is 7. The van der Waals surface area contributed by atoms with E-state index in [1.807, 2.05) is 39.0 Å². The van der Waals surface area contributed by atoms with Gasteiger partial charge in [-0.15, -0.1) is 34.0 Å². The predicted octanol–water partition coefficient (Wildman–Crippen LogP) is 27.0. The average Bonchev–Trinajstić information content (AvgIpc) is 0.970. The Morgan fingerprint density at radius 2 is 0.667 bits per heavy atom. The van der Waals surface area contributed by atoms with Gasteiger partial charge in [-0.3, -0.25) is 29.0 Å². The molecular weight excluding hydrogens is 1210 g/mol. The molecule has 5 aromatic rings. The second kappa shape index (κ2) is 38.8. The lowest BCUT2D eigenvalue weighted by Gasteiger charge is -2.36. The Morgan fingerprint density at radius 1 is 0.355 bits per heavy atom. The minimum absolute atomic E-state index is 0.0916. The van der Waals surface area contributed by atoms with E-state index in [-0.39, 0.29) is 47.0 Å². The fourth-order valence-electron chi connectivity index (χ4n) is 14.5. The van der Waals surface area contributed by atoms with Gasteiger partial charge in [0.15, 0.2) is 11.6 Å². The SMILES string of the molecule is CCCCCCCCCCCCC(CCCCCCCCCC)CN1C(=O)c2cc(-c3ccc(C(C)(C)C)s3)c3c4c(cc(-c5ccc(-c6sc(C(C)(C)C)c(F)c6F)s5)c(c24)C1=O)C(=O)N(CC(CCCCCCCCCC)CCCCCCCCCCCC)C3=O. The molecule has 93 heavy (non-hydrogen) atoms. The molecule has 2 aliphatic heterocycles. The maximum Gasteiger partial charge on any atom is 0.262 e. The van der Waals surface area contributed by atoms with Gasteiger partial charge in [-0.1, -0.05) is 300 Å². The third-order valence-electron chi connectivity index (χ3n) is 20.2. The summed E-state index contributed by atoms with van der Waals surface area (Å²) >= 11 is 4.01. The number of hydrogen-bond donors (Lipinski definition) is 0. The molecule has 3 aromatic heterocycles. The number of amides is 4. The number of benzene rings is 2. The Labute approximate surface area is 575 Å². The molecule has 0 N–H and O–H groups in total. The third kappa shape index (κ3) is 21.5. The standard InChI is InChI=1S/C82H122F2N2O4S3/c1-11-15-19-23-27-31-33-37-41-45-49-59(47-43-39-35-29-25-21-17-13-3)57-85-78(88)64-56-62(66-53-54-68(92-66)81(5,6)7)72-70-63(55-61(71(69(64)70)79(85)89)65-51-52-67(91-65)75-73(83)74(84)76(93-75)82(8,9)10)77(87)86(80(72)90)58-60(48-44-40-36-30-26-22-18-14-4)50-46-42-38-34-32-28-24-20-16-12-2/h51-56,59-60H,11-50,57-58H2,1-10H3. The van der Waals surface area contributed by atoms with Crippen molar-refractivity contribution < 1.29 is 28.0 Å². The summed E-state index contributed by atoms with van der Waals surface area (Å²) in [5.41, 5.74) is 1.60. The predicted molar refractivity (Wildman–Crippen MR) is 396 cm³/mol. The fraction of sp³-hybridized carbons (Fsp3) is 0.683. The van der Waals surface area contributed by atoms with Crippen molar-refractivity contribution in [3.8, 4) is 30.6 Å². The maximum absolute atomic E-state index is 16.2. The van der Waals surface area contributed by atoms with Crippen LogP contribution in [0.4, 0.5) is 8.78 Å². The molecule has 2 aliphatic rings. The maximum atomic E-state index is 16.2. The number of thiophene rings is 3. The highest BCUT2D eigenvalue weighted by molar-refractivity contribution is 7.24. The first-order valence-electron chi connectivity index (χ1n) is 38.0. The molecule has 0 fully saturated rings. The summed E-state index contributed by atoms with van der Waals surface area (Å²) in [5, 5.41) is 0.739. The number of halogens is 2. The number of nitrogens with zero attached hydrogens (tertiary/aromatic N) is 2. The Kier molecular flexibility index (Phi) is 31.8. The number of imide groups is 2. The van der Waals surface area contributed by atoms with Crippen molar-refractivity contribution in [1.29, 1.82) is 0 Å². The summed E-state index contributed by atoms with van der Waals surface area (Å²) < 4.78 is 32.1. The van der Waals surface area contributed by atoms with Gasteiger partial charge >= 0.3 is 0 Å². The highest BCUT2D eigenvalue weighted by Crippen LogP contribution is 2.51. The van der Waals surface area contributed by atoms with Crippen LogP contribution in [0, 0.1) is 23.5 Å². The molecule has 0 spiro atoms. The van der Waals surface area contributed by atoms with Gasteiger partial charge in [0.2, 0.25) is 0 Å².